The van der Waals surface area contributed by atoms with E-state index < -0.39 is 0 Å². The first-order valence-corrected chi connectivity index (χ1v) is 19.6. The molecule has 0 amide bonds. The Morgan fingerprint density at radius 1 is 0.167 bits per heavy atom. The Balaban J connectivity index is 1.15. The fourth-order valence-electron chi connectivity index (χ4n) is 6.85. The molecule has 8 aromatic rings. The monoisotopic (exact) mass is 752 g/mol. The molecule has 0 aromatic heterocycles. The molecule has 0 aliphatic heterocycles. The van der Waals surface area contributed by atoms with E-state index in [1.165, 1.54) is 0 Å². The van der Waals surface area contributed by atoms with Crippen LogP contribution in [0.5, 0.6) is 0 Å². The minimum atomic E-state index is 0.886. The van der Waals surface area contributed by atoms with Crippen LogP contribution in [-0.2, 0) is 0 Å². The van der Waals surface area contributed by atoms with E-state index in [2.05, 4.69) is 120 Å². The molecule has 0 saturated heterocycles. The summed E-state index contributed by atoms with van der Waals surface area (Å²) in [4.78, 5) is 0. The molecule has 1 aliphatic carbocycles. The third kappa shape index (κ3) is 8.89. The zero-order chi connectivity index (χ0) is 40.4. The maximum absolute atomic E-state index is 3.44. The van der Waals surface area contributed by atoms with Gasteiger partial charge in [0.2, 0.25) is 0 Å². The lowest BCUT2D eigenvalue weighted by molar-refractivity contribution is 1.54. The van der Waals surface area contributed by atoms with Crippen LogP contribution >= 0.6 is 0 Å². The van der Waals surface area contributed by atoms with Crippen LogP contribution in [0.1, 0.15) is 66.8 Å². The molecule has 60 heavy (non-hydrogen) atoms. The van der Waals surface area contributed by atoms with E-state index in [9.17, 15) is 0 Å². The van der Waals surface area contributed by atoms with Crippen LogP contribution in [0.2, 0.25) is 0 Å². The van der Waals surface area contributed by atoms with Gasteiger partial charge in [-0.25, -0.2) is 0 Å². The predicted octanol–water partition coefficient (Wildman–Crippen LogP) is 11.7. The van der Waals surface area contributed by atoms with E-state index in [-0.39, 0.29) is 0 Å². The third-order valence-electron chi connectivity index (χ3n) is 9.81. The number of rotatable bonds is 0. The Morgan fingerprint density at radius 3 is 0.567 bits per heavy atom. The maximum Gasteiger partial charge on any atom is 0.0327 e. The van der Waals surface area contributed by atoms with Crippen LogP contribution in [0.15, 0.2) is 194 Å². The largest absolute Gasteiger partial charge is 0.0616 e. The minimum absolute atomic E-state index is 0.886. The lowest BCUT2D eigenvalue weighted by Crippen LogP contribution is -1.89. The van der Waals surface area contributed by atoms with E-state index in [0.29, 0.717) is 0 Å². The molecule has 1 aliphatic rings. The van der Waals surface area contributed by atoms with Gasteiger partial charge in [0.05, 0.1) is 0 Å². The smallest absolute Gasteiger partial charge is 0.0327 e. The normalized spacial score (nSPS) is 10.7. The Hall–Kier alpha value is -8.88. The molecular formula is C60H32. The summed E-state index contributed by atoms with van der Waals surface area (Å²) in [5, 5.41) is 0. The first-order chi connectivity index (χ1) is 29.7. The second-order valence-corrected chi connectivity index (χ2v) is 14.0. The molecule has 0 heteroatoms. The van der Waals surface area contributed by atoms with Gasteiger partial charge in [0.25, 0.3) is 0 Å². The molecule has 0 saturated carbocycles. The van der Waals surface area contributed by atoms with Gasteiger partial charge in [-0.05, 0) is 119 Å². The summed E-state index contributed by atoms with van der Waals surface area (Å²) >= 11 is 0. The number of hydrogen-bond donors (Lipinski definition) is 0. The van der Waals surface area contributed by atoms with Gasteiger partial charge in [0.15, 0.2) is 0 Å². The van der Waals surface area contributed by atoms with E-state index in [1.54, 1.807) is 0 Å². The molecule has 9 rings (SSSR count). The van der Waals surface area contributed by atoms with Crippen LogP contribution < -0.4 is 0 Å². The first-order valence-electron chi connectivity index (χ1n) is 19.6. The van der Waals surface area contributed by atoms with Gasteiger partial charge < -0.3 is 0 Å². The molecule has 8 bridgehead atoms. The molecule has 0 atom stereocenters. The lowest BCUT2D eigenvalue weighted by Gasteiger charge is -2.07. The van der Waals surface area contributed by atoms with Crippen LogP contribution in [-0.4, -0.2) is 0 Å². The Labute approximate surface area is 352 Å². The molecule has 0 nitrogen and oxygen atoms in total. The fraction of sp³-hybridized carbons (Fsp3) is 0. The molecule has 0 unspecified atom stereocenters. The Kier molecular flexibility index (Phi) is 10.7. The van der Waals surface area contributed by atoms with E-state index in [1.807, 2.05) is 146 Å². The highest BCUT2D eigenvalue weighted by Gasteiger charge is 2.09. The average Bonchev–Trinajstić information content (AvgIpc) is 3.31. The van der Waals surface area contributed by atoms with E-state index in [0.717, 1.165) is 89.0 Å². The van der Waals surface area contributed by atoms with Crippen molar-refractivity contribution in [3.8, 4) is 93.3 Å². The highest BCUT2D eigenvalue weighted by Crippen LogP contribution is 2.28. The van der Waals surface area contributed by atoms with Gasteiger partial charge in [0, 0.05) is 66.8 Å². The van der Waals surface area contributed by atoms with Gasteiger partial charge >= 0.3 is 0 Å². The van der Waals surface area contributed by atoms with Crippen molar-refractivity contribution in [1.82, 2.24) is 0 Å². The molecule has 0 N–H and O–H groups in total. The van der Waals surface area contributed by atoms with Gasteiger partial charge in [-0.1, -0.05) is 168 Å². The molecule has 0 heterocycles. The van der Waals surface area contributed by atoms with Gasteiger partial charge in [-0.2, -0.15) is 0 Å². The lowest BCUT2D eigenvalue weighted by atomic mass is 9.95. The second kappa shape index (κ2) is 17.5. The zero-order valence-corrected chi connectivity index (χ0v) is 32.5. The van der Waals surface area contributed by atoms with Crippen molar-refractivity contribution >= 4 is 0 Å². The topological polar surface area (TPSA) is 0 Å². The van der Waals surface area contributed by atoms with Crippen LogP contribution in [0.4, 0.5) is 0 Å². The molecule has 8 aromatic carbocycles. The third-order valence-corrected chi connectivity index (χ3v) is 9.81. The highest BCUT2D eigenvalue weighted by atomic mass is 14.1. The van der Waals surface area contributed by atoms with E-state index in [4.69, 9.17) is 0 Å². The molecule has 0 spiro atoms. The molecular weight excluding hydrogens is 721 g/mol. The summed E-state index contributed by atoms with van der Waals surface area (Å²) in [6, 6.07) is 65.1. The summed E-state index contributed by atoms with van der Waals surface area (Å²) in [5.41, 5.74) is 14.9. The van der Waals surface area contributed by atoms with Crippen LogP contribution in [0.3, 0.4) is 0 Å². The van der Waals surface area contributed by atoms with Crippen molar-refractivity contribution in [3.05, 3.63) is 261 Å². The number of benzene rings is 8. The number of fused-ring (bicyclic) bond motifs is 14. The maximum atomic E-state index is 3.44. The van der Waals surface area contributed by atoms with Crippen molar-refractivity contribution in [3.63, 3.8) is 0 Å². The van der Waals surface area contributed by atoms with Crippen molar-refractivity contribution in [1.29, 1.82) is 0 Å². The average molecular weight is 753 g/mol. The molecule has 0 fully saturated rings. The predicted molar refractivity (Wildman–Crippen MR) is 245 cm³/mol. The fourth-order valence-corrected chi connectivity index (χ4v) is 6.85. The van der Waals surface area contributed by atoms with Crippen molar-refractivity contribution in [2.45, 2.75) is 0 Å². The summed E-state index contributed by atoms with van der Waals surface area (Å²) in [6.45, 7) is 0. The van der Waals surface area contributed by atoms with Crippen molar-refractivity contribution in [2.24, 2.45) is 0 Å². The molecule has 272 valence electrons. The van der Waals surface area contributed by atoms with Gasteiger partial charge in [0.1, 0.15) is 0 Å². The SMILES string of the molecule is C1#Cc2cccc(c2)C#Cc2ccccc2-c2ccccc2C#Cc2cccc(c2)C#Cc2cccc(c2)C#Cc2ccccc2-c2ccccc2C#Cc2cccc1c2. The standard InChI is InChI=1S/C60H32/c1-5-25-57-53(21-1)37-33-49-17-9-13-45(41-49)29-30-46-15-11-19-51(43-46)35-39-55-23-3-7-27-59(55)60-28-8-4-24-56(60)40-36-52-20-12-16-48(44-52)32-31-47-14-10-18-50(42-47)34-38-54-22-2-6-26-58(54)57/h1-28,41-44H. The Bertz CT molecular complexity index is 2910. The summed E-state index contributed by atoms with van der Waals surface area (Å²) in [7, 11) is 0. The Morgan fingerprint density at radius 2 is 0.350 bits per heavy atom. The minimum Gasteiger partial charge on any atom is -0.0616 e. The summed E-state index contributed by atoms with van der Waals surface area (Å²) in [5.74, 6) is 40.7. The quantitative estimate of drug-likeness (QED) is 0.135. The second-order valence-electron chi connectivity index (χ2n) is 14.0. The van der Waals surface area contributed by atoms with Gasteiger partial charge in [-0.3, -0.25) is 0 Å². The van der Waals surface area contributed by atoms with Crippen molar-refractivity contribution < 1.29 is 0 Å². The van der Waals surface area contributed by atoms with Crippen LogP contribution in [0, 0.1) is 71.0 Å². The number of hydrogen-bond acceptors (Lipinski definition) is 0. The summed E-state index contributed by atoms with van der Waals surface area (Å²) < 4.78 is 0. The van der Waals surface area contributed by atoms with Gasteiger partial charge in [-0.15, -0.1) is 0 Å². The highest BCUT2D eigenvalue weighted by molar-refractivity contribution is 5.78. The molecule has 0 radical (unpaired) electrons. The van der Waals surface area contributed by atoms with Crippen LogP contribution in [0.25, 0.3) is 22.3 Å². The van der Waals surface area contributed by atoms with Crippen molar-refractivity contribution in [2.75, 3.05) is 0 Å². The zero-order valence-electron chi connectivity index (χ0n) is 32.5. The van der Waals surface area contributed by atoms with E-state index >= 15 is 0 Å². The first kappa shape index (κ1) is 36.7. The summed E-state index contributed by atoms with van der Waals surface area (Å²) in [6.07, 6.45) is 0.